The van der Waals surface area contributed by atoms with Crippen molar-refractivity contribution >= 4 is 11.8 Å². The van der Waals surface area contributed by atoms with Crippen molar-refractivity contribution in [1.29, 1.82) is 0 Å². The van der Waals surface area contributed by atoms with Crippen molar-refractivity contribution in [3.8, 4) is 11.8 Å². The summed E-state index contributed by atoms with van der Waals surface area (Å²) >= 11 is 0. The van der Waals surface area contributed by atoms with E-state index in [-0.39, 0.29) is 18.2 Å². The highest BCUT2D eigenvalue weighted by Gasteiger charge is 2.29. The third-order valence-corrected chi connectivity index (χ3v) is 4.65. The minimum atomic E-state index is -4.40. The van der Waals surface area contributed by atoms with Gasteiger partial charge in [-0.3, -0.25) is 0 Å². The number of nitrogens with zero attached hydrogens (tertiary/aromatic N) is 2. The quantitative estimate of drug-likeness (QED) is 0.413. The van der Waals surface area contributed by atoms with Gasteiger partial charge in [-0.25, -0.2) is 14.8 Å². The Bertz CT molecular complexity index is 1200. The fourth-order valence-corrected chi connectivity index (χ4v) is 2.86. The summed E-state index contributed by atoms with van der Waals surface area (Å²) in [7, 11) is 1.27. The second-order valence-corrected chi connectivity index (χ2v) is 7.48. The van der Waals surface area contributed by atoms with Crippen LogP contribution in [0.2, 0.25) is 0 Å². The van der Waals surface area contributed by atoms with E-state index in [1.165, 1.54) is 25.3 Å². The van der Waals surface area contributed by atoms with Gasteiger partial charge in [0.15, 0.2) is 0 Å². The summed E-state index contributed by atoms with van der Waals surface area (Å²) in [5.74, 6) is 6.97. The molecule has 0 unspecified atom stereocenters. The molecular formula is C24H22F3N3O3. The zero-order valence-electron chi connectivity index (χ0n) is 18.5. The molecule has 172 valence electrons. The van der Waals surface area contributed by atoms with Crippen molar-refractivity contribution in [3.05, 3.63) is 76.1 Å². The zero-order valence-corrected chi connectivity index (χ0v) is 18.5. The maximum absolute atomic E-state index is 12.8. The summed E-state index contributed by atoms with van der Waals surface area (Å²) in [4.78, 5) is 20.6. The van der Waals surface area contributed by atoms with Gasteiger partial charge in [0.1, 0.15) is 17.4 Å². The maximum Gasteiger partial charge on any atom is 0.416 e. The Balaban J connectivity index is 1.89. The van der Waals surface area contributed by atoms with Crippen LogP contribution in [0, 0.1) is 18.8 Å². The fourth-order valence-electron chi connectivity index (χ4n) is 2.86. The summed E-state index contributed by atoms with van der Waals surface area (Å²) in [6, 6.07) is 7.77. The van der Waals surface area contributed by atoms with Crippen LogP contribution in [0.25, 0.3) is 0 Å². The number of carbonyl (C=O) groups is 1. The number of aryl methyl sites for hydroxylation is 1. The van der Waals surface area contributed by atoms with Crippen LogP contribution in [0.4, 0.5) is 19.0 Å². The predicted octanol–water partition coefficient (Wildman–Crippen LogP) is 5.32. The van der Waals surface area contributed by atoms with E-state index in [4.69, 9.17) is 4.42 Å². The normalized spacial score (nSPS) is 11.2. The monoisotopic (exact) mass is 457 g/mol. The first kappa shape index (κ1) is 23.9. The van der Waals surface area contributed by atoms with E-state index in [0.717, 1.165) is 12.1 Å². The average molecular weight is 457 g/mol. The molecular weight excluding hydrogens is 435 g/mol. The minimum Gasteiger partial charge on any atom is -0.463 e. The van der Waals surface area contributed by atoms with Gasteiger partial charge < -0.3 is 14.5 Å². The molecule has 0 aliphatic carbocycles. The molecule has 9 heteroatoms. The van der Waals surface area contributed by atoms with Gasteiger partial charge in [-0.15, -0.1) is 0 Å². The summed E-state index contributed by atoms with van der Waals surface area (Å²) in [5, 5.41) is 3.15. The van der Waals surface area contributed by atoms with E-state index in [1.54, 1.807) is 13.0 Å². The molecule has 3 aromatic rings. The van der Waals surface area contributed by atoms with E-state index < -0.39 is 17.7 Å². The number of alkyl halides is 3. The topological polar surface area (TPSA) is 77.2 Å². The summed E-state index contributed by atoms with van der Waals surface area (Å²) < 4.78 is 48.4. The number of hydrogen-bond acceptors (Lipinski definition) is 6. The van der Waals surface area contributed by atoms with Crippen molar-refractivity contribution in [2.24, 2.45) is 0 Å². The lowest BCUT2D eigenvalue weighted by molar-refractivity contribution is -0.137. The van der Waals surface area contributed by atoms with Gasteiger partial charge in [0.2, 0.25) is 5.76 Å². The first-order valence-electron chi connectivity index (χ1n) is 10.1. The van der Waals surface area contributed by atoms with Crippen molar-refractivity contribution in [2.45, 2.75) is 39.4 Å². The molecule has 6 nitrogen and oxygen atoms in total. The van der Waals surface area contributed by atoms with Crippen LogP contribution >= 0.6 is 0 Å². The zero-order chi connectivity index (χ0) is 24.2. The molecule has 0 aliphatic rings. The van der Waals surface area contributed by atoms with Gasteiger partial charge in [0, 0.05) is 11.5 Å². The van der Waals surface area contributed by atoms with Crippen molar-refractivity contribution in [2.75, 3.05) is 12.4 Å². The Morgan fingerprint density at radius 1 is 1.12 bits per heavy atom. The molecule has 0 bridgehead atoms. The van der Waals surface area contributed by atoms with Gasteiger partial charge in [-0.2, -0.15) is 13.2 Å². The highest BCUT2D eigenvalue weighted by atomic mass is 19.4. The number of benzene rings is 1. The van der Waals surface area contributed by atoms with E-state index in [2.05, 4.69) is 31.9 Å². The molecule has 0 amide bonds. The lowest BCUT2D eigenvalue weighted by Crippen LogP contribution is -2.09. The largest absolute Gasteiger partial charge is 0.463 e. The molecule has 0 aliphatic heterocycles. The second kappa shape index (κ2) is 9.77. The number of nitrogens with one attached hydrogen (secondary N) is 1. The first-order chi connectivity index (χ1) is 15.6. The lowest BCUT2D eigenvalue weighted by Gasteiger charge is -2.12. The standard InChI is InChI=1S/C24H22F3N3O3/c1-14(2)21-29-15(3)19(11-7-16-5-8-17(9-6-16)24(25,26)27)22(30-21)28-13-18-10-12-20(33-18)23(31)32-4/h5-6,8-10,12,14H,13H2,1-4H3,(H,28,29,30). The number of carbonyl (C=O) groups excluding carboxylic acids is 1. The van der Waals surface area contributed by atoms with Crippen LogP contribution in [-0.2, 0) is 17.5 Å². The molecule has 0 saturated heterocycles. The van der Waals surface area contributed by atoms with Crippen LogP contribution in [0.1, 0.15) is 64.3 Å². The summed E-state index contributed by atoms with van der Waals surface area (Å²) in [6.45, 7) is 5.93. The molecule has 3 rings (SSSR count). The molecule has 0 saturated carbocycles. The van der Waals surface area contributed by atoms with Crippen molar-refractivity contribution in [3.63, 3.8) is 0 Å². The number of esters is 1. The molecule has 2 heterocycles. The number of hydrogen-bond donors (Lipinski definition) is 1. The van der Waals surface area contributed by atoms with Crippen LogP contribution in [0.3, 0.4) is 0 Å². The smallest absolute Gasteiger partial charge is 0.416 e. The minimum absolute atomic E-state index is 0.0655. The van der Waals surface area contributed by atoms with Gasteiger partial charge in [0.05, 0.1) is 30.5 Å². The first-order valence-corrected chi connectivity index (χ1v) is 10.1. The molecule has 0 spiro atoms. The Morgan fingerprint density at radius 2 is 1.82 bits per heavy atom. The van der Waals surface area contributed by atoms with Crippen molar-refractivity contribution in [1.82, 2.24) is 9.97 Å². The molecule has 1 aromatic carbocycles. The number of furan rings is 1. The van der Waals surface area contributed by atoms with Gasteiger partial charge >= 0.3 is 12.1 Å². The maximum atomic E-state index is 12.8. The van der Waals surface area contributed by atoms with Crippen LogP contribution in [0.5, 0.6) is 0 Å². The van der Waals surface area contributed by atoms with Crippen LogP contribution in [-0.4, -0.2) is 23.0 Å². The number of methoxy groups -OCH3 is 1. The SMILES string of the molecule is COC(=O)c1ccc(CNc2nc(C(C)C)nc(C)c2C#Cc2ccc(C(F)(F)F)cc2)o1. The van der Waals surface area contributed by atoms with E-state index in [0.29, 0.717) is 34.2 Å². The lowest BCUT2D eigenvalue weighted by atomic mass is 10.1. The molecule has 1 N–H and O–H groups in total. The Labute approximate surface area is 189 Å². The Kier molecular flexibility index (Phi) is 7.07. The number of halogens is 3. The third-order valence-electron chi connectivity index (χ3n) is 4.65. The van der Waals surface area contributed by atoms with Crippen molar-refractivity contribution < 1.29 is 27.1 Å². The Hall–Kier alpha value is -3.80. The van der Waals surface area contributed by atoms with Gasteiger partial charge in [-0.05, 0) is 43.3 Å². The number of rotatable bonds is 5. The summed E-state index contributed by atoms with van der Waals surface area (Å²) in [6.07, 6.45) is -4.40. The Morgan fingerprint density at radius 3 is 2.42 bits per heavy atom. The molecule has 0 atom stereocenters. The molecule has 0 fully saturated rings. The fraction of sp³-hybridized carbons (Fsp3) is 0.292. The third kappa shape index (κ3) is 5.92. The highest BCUT2D eigenvalue weighted by molar-refractivity contribution is 5.86. The van der Waals surface area contributed by atoms with Gasteiger partial charge in [0.25, 0.3) is 0 Å². The predicted molar refractivity (Wildman–Crippen MR) is 116 cm³/mol. The van der Waals surface area contributed by atoms with Crippen LogP contribution < -0.4 is 5.32 Å². The van der Waals surface area contributed by atoms with Crippen LogP contribution in [0.15, 0.2) is 40.8 Å². The molecule has 2 aromatic heterocycles. The average Bonchev–Trinajstić information content (AvgIpc) is 3.25. The molecule has 33 heavy (non-hydrogen) atoms. The van der Waals surface area contributed by atoms with E-state index in [9.17, 15) is 18.0 Å². The number of anilines is 1. The number of ether oxygens (including phenoxy) is 1. The summed E-state index contributed by atoms with van der Waals surface area (Å²) in [5.41, 5.74) is 0.834. The number of aromatic nitrogens is 2. The van der Waals surface area contributed by atoms with E-state index >= 15 is 0 Å². The highest BCUT2D eigenvalue weighted by Crippen LogP contribution is 2.29. The molecule has 0 radical (unpaired) electrons. The van der Waals surface area contributed by atoms with Gasteiger partial charge in [-0.1, -0.05) is 25.7 Å². The van der Waals surface area contributed by atoms with E-state index in [1.807, 2.05) is 13.8 Å². The second-order valence-electron chi connectivity index (χ2n) is 7.48.